The van der Waals surface area contributed by atoms with Gasteiger partial charge in [0.05, 0.1) is 12.1 Å². The number of nitrogens with zero attached hydrogens (tertiary/aromatic N) is 2. The molecule has 0 aliphatic carbocycles. The van der Waals surface area contributed by atoms with Gasteiger partial charge in [0.25, 0.3) is 0 Å². The number of halogens is 3. The number of aryl methyl sites for hydroxylation is 1. The van der Waals surface area contributed by atoms with Crippen LogP contribution in [-0.4, -0.2) is 38.3 Å². The lowest BCUT2D eigenvalue weighted by atomic mass is 10.2. The van der Waals surface area contributed by atoms with Crippen LogP contribution in [-0.2, 0) is 22.3 Å². The van der Waals surface area contributed by atoms with Gasteiger partial charge in [-0.2, -0.15) is 13.2 Å². The van der Waals surface area contributed by atoms with Crippen molar-refractivity contribution in [2.75, 3.05) is 6.61 Å². The second kappa shape index (κ2) is 10.00. The maximum atomic E-state index is 12.5. The largest absolute Gasteiger partial charge is 0.492 e. The van der Waals surface area contributed by atoms with E-state index in [4.69, 9.17) is 14.9 Å². The first-order valence-corrected chi connectivity index (χ1v) is 7.51. The second-order valence-electron chi connectivity index (χ2n) is 5.05. The van der Waals surface area contributed by atoms with E-state index in [1.165, 1.54) is 12.1 Å². The normalized spacial score (nSPS) is 11.0. The molecule has 2 aromatic rings. The molecule has 1 aromatic heterocycles. The molecule has 0 amide bonds. The van der Waals surface area contributed by atoms with Crippen LogP contribution in [0.2, 0.25) is 0 Å². The minimum atomic E-state index is -4.35. The van der Waals surface area contributed by atoms with Crippen molar-refractivity contribution < 1.29 is 37.7 Å². The zero-order chi connectivity index (χ0) is 20.4. The van der Waals surface area contributed by atoms with Crippen LogP contribution < -0.4 is 4.74 Å². The van der Waals surface area contributed by atoms with Crippen molar-refractivity contribution in [1.82, 2.24) is 9.55 Å². The van der Waals surface area contributed by atoms with Crippen LogP contribution >= 0.6 is 0 Å². The highest BCUT2D eigenvalue weighted by Gasteiger charge is 2.30. The van der Waals surface area contributed by atoms with Crippen molar-refractivity contribution in [3.63, 3.8) is 0 Å². The highest BCUT2D eigenvalue weighted by atomic mass is 19.4. The summed E-state index contributed by atoms with van der Waals surface area (Å²) in [5, 5.41) is 15.6. The summed E-state index contributed by atoms with van der Waals surface area (Å²) in [5.74, 6) is -1.46. The second-order valence-corrected chi connectivity index (χ2v) is 5.05. The number of rotatable bonds is 6. The average molecular weight is 386 g/mol. The van der Waals surface area contributed by atoms with E-state index in [0.717, 1.165) is 18.0 Å². The predicted molar refractivity (Wildman–Crippen MR) is 88.3 cm³/mol. The number of ether oxygens (including phenoxy) is 1. The molecule has 0 aliphatic heterocycles. The summed E-state index contributed by atoms with van der Waals surface area (Å²) in [6.07, 6.45) is 0.232. The van der Waals surface area contributed by atoms with Gasteiger partial charge in [0.2, 0.25) is 0 Å². The van der Waals surface area contributed by atoms with E-state index in [1.807, 2.05) is 11.5 Å². The van der Waals surface area contributed by atoms with Crippen LogP contribution in [0.1, 0.15) is 11.4 Å². The summed E-state index contributed by atoms with van der Waals surface area (Å²) >= 11 is 0. The Balaban J connectivity index is 0.000000387. The number of imidazole rings is 1. The maximum absolute atomic E-state index is 12.5. The fraction of sp³-hybridized carbons (Fsp3) is 0.235. The molecule has 0 fully saturated rings. The molecule has 0 bridgehead atoms. The number of hydrogen-bond donors (Lipinski definition) is 2. The molecule has 0 atom stereocenters. The molecule has 0 radical (unpaired) electrons. The van der Waals surface area contributed by atoms with Gasteiger partial charge in [-0.05, 0) is 25.1 Å². The highest BCUT2D eigenvalue weighted by Crippen LogP contribution is 2.31. The van der Waals surface area contributed by atoms with Gasteiger partial charge in [0, 0.05) is 24.5 Å². The van der Waals surface area contributed by atoms with E-state index in [9.17, 15) is 22.8 Å². The lowest BCUT2D eigenvalue weighted by molar-refractivity contribution is -0.137. The Morgan fingerprint density at radius 3 is 2.33 bits per heavy atom. The summed E-state index contributed by atoms with van der Waals surface area (Å²) < 4.78 is 44.7. The number of carbonyl (C=O) groups is 2. The quantitative estimate of drug-likeness (QED) is 0.740. The molecule has 27 heavy (non-hydrogen) atoms. The Kier molecular flexibility index (Phi) is 8.05. The molecule has 1 aromatic carbocycles. The van der Waals surface area contributed by atoms with Gasteiger partial charge >= 0.3 is 18.1 Å². The van der Waals surface area contributed by atoms with Crippen molar-refractivity contribution in [3.8, 4) is 5.75 Å². The molecule has 2 N–H and O–H groups in total. The topological polar surface area (TPSA) is 102 Å². The highest BCUT2D eigenvalue weighted by molar-refractivity contribution is 5.89. The Labute approximate surface area is 152 Å². The van der Waals surface area contributed by atoms with Gasteiger partial charge in [-0.15, -0.1) is 0 Å². The van der Waals surface area contributed by atoms with Crippen molar-refractivity contribution in [1.29, 1.82) is 0 Å². The van der Waals surface area contributed by atoms with Crippen molar-refractivity contribution in [2.24, 2.45) is 0 Å². The fourth-order valence-electron chi connectivity index (χ4n) is 1.81. The van der Waals surface area contributed by atoms with E-state index in [-0.39, 0.29) is 5.75 Å². The molecular formula is C17H17F3N2O5. The summed E-state index contributed by atoms with van der Waals surface area (Å²) in [5.41, 5.74) is -0.705. The molecule has 0 saturated heterocycles. The van der Waals surface area contributed by atoms with E-state index < -0.39 is 23.7 Å². The number of carboxylic acid groups (broad SMARTS) is 2. The minimum absolute atomic E-state index is 0.215. The van der Waals surface area contributed by atoms with Crippen LogP contribution in [0.5, 0.6) is 5.75 Å². The molecule has 0 saturated carbocycles. The van der Waals surface area contributed by atoms with Gasteiger partial charge in [-0.25, -0.2) is 14.6 Å². The lowest BCUT2D eigenvalue weighted by Gasteiger charge is -2.11. The molecule has 10 heteroatoms. The van der Waals surface area contributed by atoms with Crippen molar-refractivity contribution in [2.45, 2.75) is 19.6 Å². The standard InChI is InChI=1S/C13H13F3N2O.C4H4O4/c1-10-17-5-6-18(10)7-8-19-12-4-2-3-11(9-12)13(14,15)16;5-3(6)1-2-4(7)8/h2-6,9H,7-8H2,1H3;1-2H,(H,5,6)(H,7,8)/b;2-1-. The summed E-state index contributed by atoms with van der Waals surface area (Å²) in [6, 6.07) is 4.87. The van der Waals surface area contributed by atoms with Gasteiger partial charge in [-0.1, -0.05) is 6.07 Å². The zero-order valence-electron chi connectivity index (χ0n) is 14.2. The SMILES string of the molecule is Cc1nccn1CCOc1cccc(C(F)(F)F)c1.O=C(O)/C=C\C(=O)O. The average Bonchev–Trinajstić information content (AvgIpc) is 2.98. The number of benzene rings is 1. The number of hydrogen-bond acceptors (Lipinski definition) is 4. The first-order valence-electron chi connectivity index (χ1n) is 7.51. The van der Waals surface area contributed by atoms with Gasteiger partial charge < -0.3 is 19.5 Å². The van der Waals surface area contributed by atoms with E-state index in [0.29, 0.717) is 25.3 Å². The monoisotopic (exact) mass is 386 g/mol. The summed E-state index contributed by atoms with van der Waals surface area (Å²) in [6.45, 7) is 2.69. The number of aromatic nitrogens is 2. The molecule has 146 valence electrons. The number of aliphatic carboxylic acids is 2. The molecule has 0 spiro atoms. The first-order chi connectivity index (χ1) is 12.6. The summed E-state index contributed by atoms with van der Waals surface area (Å²) in [4.78, 5) is 23.2. The lowest BCUT2D eigenvalue weighted by Crippen LogP contribution is -2.10. The molecule has 7 nitrogen and oxygen atoms in total. The van der Waals surface area contributed by atoms with Crippen LogP contribution in [0.3, 0.4) is 0 Å². The Morgan fingerprint density at radius 1 is 1.22 bits per heavy atom. The maximum Gasteiger partial charge on any atom is 0.416 e. The van der Waals surface area contributed by atoms with Gasteiger partial charge in [0.1, 0.15) is 18.2 Å². The first kappa shape index (κ1) is 21.7. The molecule has 2 rings (SSSR count). The van der Waals surface area contributed by atoms with Gasteiger partial charge in [-0.3, -0.25) is 0 Å². The fourth-order valence-corrected chi connectivity index (χ4v) is 1.81. The Morgan fingerprint density at radius 2 is 1.85 bits per heavy atom. The zero-order valence-corrected chi connectivity index (χ0v) is 14.2. The van der Waals surface area contributed by atoms with E-state index in [1.54, 1.807) is 12.4 Å². The Hall–Kier alpha value is -3.30. The van der Waals surface area contributed by atoms with Crippen molar-refractivity contribution >= 4 is 11.9 Å². The van der Waals surface area contributed by atoms with Gasteiger partial charge in [0.15, 0.2) is 0 Å². The molecular weight excluding hydrogens is 369 g/mol. The third kappa shape index (κ3) is 8.56. The van der Waals surface area contributed by atoms with E-state index >= 15 is 0 Å². The molecule has 0 aliphatic rings. The smallest absolute Gasteiger partial charge is 0.416 e. The van der Waals surface area contributed by atoms with Crippen LogP contribution in [0, 0.1) is 6.92 Å². The summed E-state index contributed by atoms with van der Waals surface area (Å²) in [7, 11) is 0. The third-order valence-corrected chi connectivity index (χ3v) is 3.05. The molecule has 1 heterocycles. The molecule has 0 unspecified atom stereocenters. The van der Waals surface area contributed by atoms with Crippen LogP contribution in [0.15, 0.2) is 48.8 Å². The van der Waals surface area contributed by atoms with Crippen LogP contribution in [0.25, 0.3) is 0 Å². The van der Waals surface area contributed by atoms with E-state index in [2.05, 4.69) is 4.98 Å². The number of alkyl halides is 3. The number of carboxylic acids is 2. The predicted octanol–water partition coefficient (Wildman–Crippen LogP) is 3.00. The third-order valence-electron chi connectivity index (χ3n) is 3.05. The Bertz CT molecular complexity index is 784. The van der Waals surface area contributed by atoms with Crippen molar-refractivity contribution in [3.05, 3.63) is 60.2 Å². The minimum Gasteiger partial charge on any atom is -0.492 e. The van der Waals surface area contributed by atoms with Crippen LogP contribution in [0.4, 0.5) is 13.2 Å².